The highest BCUT2D eigenvalue weighted by Crippen LogP contribution is 2.17. The maximum atomic E-state index is 11.5. The van der Waals surface area contributed by atoms with E-state index in [4.69, 9.17) is 9.84 Å². The molecule has 1 aromatic rings. The van der Waals surface area contributed by atoms with Crippen LogP contribution in [0, 0.1) is 0 Å². The van der Waals surface area contributed by atoms with Gasteiger partial charge in [-0.25, -0.2) is 4.79 Å². The predicted octanol–water partition coefficient (Wildman–Crippen LogP) is 1.97. The molecule has 2 N–H and O–H groups in total. The summed E-state index contributed by atoms with van der Waals surface area (Å²) in [6, 6.07) is 6.05. The molecule has 1 aromatic carbocycles. The van der Waals surface area contributed by atoms with Gasteiger partial charge < -0.3 is 15.2 Å². The standard InChI is InChI=1S/C13H14BrNO4/c1-2-4-11(13(17)18)15-12(16)8-19-10-6-3-5-9(14)7-10/h2-3,5-7,11H,1,4,8H2,(H,15,16)(H,17,18). The van der Waals surface area contributed by atoms with Crippen LogP contribution in [0.25, 0.3) is 0 Å². The van der Waals surface area contributed by atoms with Gasteiger partial charge in [0.1, 0.15) is 11.8 Å². The van der Waals surface area contributed by atoms with Crippen LogP contribution in [0.1, 0.15) is 6.42 Å². The van der Waals surface area contributed by atoms with Gasteiger partial charge in [-0.05, 0) is 24.6 Å². The number of hydrogen-bond donors (Lipinski definition) is 2. The number of aliphatic carboxylic acids is 1. The van der Waals surface area contributed by atoms with Gasteiger partial charge in [0.2, 0.25) is 0 Å². The Morgan fingerprint density at radius 3 is 2.84 bits per heavy atom. The minimum Gasteiger partial charge on any atom is -0.484 e. The zero-order valence-electron chi connectivity index (χ0n) is 10.1. The number of ether oxygens (including phenoxy) is 1. The third kappa shape index (κ3) is 5.56. The number of hydrogen-bond acceptors (Lipinski definition) is 3. The monoisotopic (exact) mass is 327 g/mol. The van der Waals surface area contributed by atoms with Gasteiger partial charge in [-0.3, -0.25) is 4.79 Å². The van der Waals surface area contributed by atoms with E-state index < -0.39 is 17.9 Å². The Morgan fingerprint density at radius 2 is 2.26 bits per heavy atom. The van der Waals surface area contributed by atoms with E-state index >= 15 is 0 Å². The molecule has 0 spiro atoms. The lowest BCUT2D eigenvalue weighted by Crippen LogP contribution is -2.42. The van der Waals surface area contributed by atoms with Gasteiger partial charge in [0.25, 0.3) is 5.91 Å². The molecule has 0 saturated heterocycles. The molecule has 1 rings (SSSR count). The lowest BCUT2D eigenvalue weighted by Gasteiger charge is -2.13. The second-order valence-corrected chi connectivity index (χ2v) is 4.64. The highest BCUT2D eigenvalue weighted by molar-refractivity contribution is 9.10. The first kappa shape index (κ1) is 15.2. The number of amides is 1. The fourth-order valence-corrected chi connectivity index (χ4v) is 1.71. The minimum absolute atomic E-state index is 0.165. The fraction of sp³-hybridized carbons (Fsp3) is 0.231. The summed E-state index contributed by atoms with van der Waals surface area (Å²) in [5, 5.41) is 11.2. The largest absolute Gasteiger partial charge is 0.484 e. The Hall–Kier alpha value is -1.82. The van der Waals surface area contributed by atoms with Crippen LogP contribution in [0.2, 0.25) is 0 Å². The van der Waals surface area contributed by atoms with Crippen molar-refractivity contribution in [2.45, 2.75) is 12.5 Å². The smallest absolute Gasteiger partial charge is 0.326 e. The van der Waals surface area contributed by atoms with Crippen LogP contribution in [-0.4, -0.2) is 29.6 Å². The molecule has 0 bridgehead atoms. The summed E-state index contributed by atoms with van der Waals surface area (Å²) in [6.45, 7) is 3.20. The van der Waals surface area contributed by atoms with E-state index in [1.165, 1.54) is 6.08 Å². The second-order valence-electron chi connectivity index (χ2n) is 3.73. The van der Waals surface area contributed by atoms with Gasteiger partial charge in [0.15, 0.2) is 6.61 Å². The second kappa shape index (κ2) is 7.58. The van der Waals surface area contributed by atoms with Crippen molar-refractivity contribution in [3.05, 3.63) is 41.4 Å². The molecule has 0 saturated carbocycles. The average Bonchev–Trinajstić information content (AvgIpc) is 2.36. The summed E-state index contributed by atoms with van der Waals surface area (Å²) in [5.41, 5.74) is 0. The van der Waals surface area contributed by atoms with Crippen molar-refractivity contribution < 1.29 is 19.4 Å². The molecule has 0 aromatic heterocycles. The molecule has 1 unspecified atom stereocenters. The van der Waals surface area contributed by atoms with Gasteiger partial charge in [-0.15, -0.1) is 6.58 Å². The zero-order chi connectivity index (χ0) is 14.3. The van der Waals surface area contributed by atoms with Crippen LogP contribution in [0.4, 0.5) is 0 Å². The molecule has 1 amide bonds. The van der Waals surface area contributed by atoms with Gasteiger partial charge in [0.05, 0.1) is 0 Å². The number of carboxylic acids is 1. The molecule has 0 aliphatic carbocycles. The lowest BCUT2D eigenvalue weighted by molar-refractivity contribution is -0.142. The third-order valence-corrected chi connectivity index (χ3v) is 2.69. The molecule has 0 heterocycles. The normalized spacial score (nSPS) is 11.4. The highest BCUT2D eigenvalue weighted by atomic mass is 79.9. The predicted molar refractivity (Wildman–Crippen MR) is 74.0 cm³/mol. The SMILES string of the molecule is C=CCC(NC(=O)COc1cccc(Br)c1)C(=O)O. The first-order valence-electron chi connectivity index (χ1n) is 5.54. The molecular weight excluding hydrogens is 314 g/mol. The molecule has 102 valence electrons. The van der Waals surface area contributed by atoms with Crippen LogP contribution in [0.3, 0.4) is 0 Å². The van der Waals surface area contributed by atoms with Gasteiger partial charge in [-0.1, -0.05) is 28.1 Å². The summed E-state index contributed by atoms with van der Waals surface area (Å²) in [5.74, 6) is -1.06. The van der Waals surface area contributed by atoms with E-state index in [1.54, 1.807) is 18.2 Å². The molecule has 1 atom stereocenters. The van der Waals surface area contributed by atoms with Crippen molar-refractivity contribution in [3.63, 3.8) is 0 Å². The molecule has 0 aliphatic rings. The van der Waals surface area contributed by atoms with E-state index in [-0.39, 0.29) is 13.0 Å². The maximum absolute atomic E-state index is 11.5. The molecule has 0 aliphatic heterocycles. The van der Waals surface area contributed by atoms with Gasteiger partial charge in [0, 0.05) is 4.47 Å². The molecule has 0 radical (unpaired) electrons. The highest BCUT2D eigenvalue weighted by Gasteiger charge is 2.18. The Labute approximate surface area is 119 Å². The van der Waals surface area contributed by atoms with Crippen LogP contribution < -0.4 is 10.1 Å². The minimum atomic E-state index is -1.10. The third-order valence-electron chi connectivity index (χ3n) is 2.20. The number of rotatable bonds is 7. The van der Waals surface area contributed by atoms with E-state index in [9.17, 15) is 9.59 Å². The summed E-state index contributed by atoms with van der Waals surface area (Å²) in [6.07, 6.45) is 1.60. The van der Waals surface area contributed by atoms with Crippen molar-refractivity contribution in [1.82, 2.24) is 5.32 Å². The fourth-order valence-electron chi connectivity index (χ4n) is 1.33. The van der Waals surface area contributed by atoms with Crippen molar-refractivity contribution >= 4 is 27.8 Å². The number of benzene rings is 1. The Morgan fingerprint density at radius 1 is 1.53 bits per heavy atom. The van der Waals surface area contributed by atoms with Crippen molar-refractivity contribution in [2.75, 3.05) is 6.61 Å². The molecule has 6 heteroatoms. The van der Waals surface area contributed by atoms with Crippen LogP contribution in [-0.2, 0) is 9.59 Å². The van der Waals surface area contributed by atoms with Crippen molar-refractivity contribution in [2.24, 2.45) is 0 Å². The number of nitrogens with one attached hydrogen (secondary N) is 1. The first-order valence-corrected chi connectivity index (χ1v) is 6.33. The Bertz CT molecular complexity index is 475. The summed E-state index contributed by atoms with van der Waals surface area (Å²) in [4.78, 5) is 22.4. The topological polar surface area (TPSA) is 75.6 Å². The molecule has 5 nitrogen and oxygen atoms in total. The van der Waals surface area contributed by atoms with Gasteiger partial charge >= 0.3 is 5.97 Å². The summed E-state index contributed by atoms with van der Waals surface area (Å²) in [7, 11) is 0. The van der Waals surface area contributed by atoms with E-state index in [1.807, 2.05) is 6.07 Å². The average molecular weight is 328 g/mol. The number of halogens is 1. The zero-order valence-corrected chi connectivity index (χ0v) is 11.7. The quantitative estimate of drug-likeness (QED) is 0.751. The Kier molecular flexibility index (Phi) is 6.08. The molecule has 19 heavy (non-hydrogen) atoms. The van der Waals surface area contributed by atoms with E-state index in [2.05, 4.69) is 27.8 Å². The number of carboxylic acid groups (broad SMARTS) is 1. The lowest BCUT2D eigenvalue weighted by atomic mass is 10.2. The van der Waals surface area contributed by atoms with Gasteiger partial charge in [-0.2, -0.15) is 0 Å². The van der Waals surface area contributed by atoms with Crippen molar-refractivity contribution in [1.29, 1.82) is 0 Å². The molecular formula is C13H14BrNO4. The maximum Gasteiger partial charge on any atom is 0.326 e. The van der Waals surface area contributed by atoms with Crippen molar-refractivity contribution in [3.8, 4) is 5.75 Å². The van der Waals surface area contributed by atoms with Crippen LogP contribution in [0.5, 0.6) is 5.75 Å². The molecule has 0 fully saturated rings. The van der Waals surface area contributed by atoms with E-state index in [0.717, 1.165) is 4.47 Å². The first-order chi connectivity index (χ1) is 9.02. The number of carbonyl (C=O) groups is 2. The summed E-state index contributed by atoms with van der Waals surface area (Å²) < 4.78 is 6.08. The van der Waals surface area contributed by atoms with E-state index in [0.29, 0.717) is 5.75 Å². The van der Waals surface area contributed by atoms with Crippen LogP contribution >= 0.6 is 15.9 Å². The summed E-state index contributed by atoms with van der Waals surface area (Å²) >= 11 is 3.28. The number of carbonyl (C=O) groups excluding carboxylic acids is 1. The van der Waals surface area contributed by atoms with Crippen LogP contribution in [0.15, 0.2) is 41.4 Å². The Balaban J connectivity index is 2.46.